The largest absolute Gasteiger partial charge is 0.309 e. The predicted octanol–water partition coefficient (Wildman–Crippen LogP) is 8.80. The van der Waals surface area contributed by atoms with Crippen LogP contribution in [0.5, 0.6) is 0 Å². The highest BCUT2D eigenvalue weighted by molar-refractivity contribution is 7.20. The maximum absolute atomic E-state index is 11.0. The van der Waals surface area contributed by atoms with Gasteiger partial charge in [-0.3, -0.25) is 0 Å². The van der Waals surface area contributed by atoms with Crippen molar-refractivity contribution in [3.05, 3.63) is 198 Å². The average Bonchev–Trinajstić information content (AvgIpc) is 3.52. The van der Waals surface area contributed by atoms with Crippen molar-refractivity contribution in [2.24, 2.45) is 0 Å². The molecule has 7 aromatic carbocycles. The molecule has 0 spiro atoms. The standard InChI is InChI=1S/C45H28N4Si/c1-47-33-25-27-43-40(29-33)38-22-12-13-24-42(38)49(43)44-28-26-34(48-2)30-41(44)39-23-14-15-32(31-46)45(39)50(35-16-6-3-7-17-35,36-18-8-4-9-19-36)37-20-10-5-11-21-37/h3-30H. The maximum Gasteiger partial charge on any atom is 0.188 e. The van der Waals surface area contributed by atoms with Gasteiger partial charge in [0, 0.05) is 5.39 Å². The Bertz CT molecular complexity index is 2580. The molecule has 1 heterocycles. The third kappa shape index (κ3) is 4.72. The van der Waals surface area contributed by atoms with E-state index in [9.17, 15) is 5.26 Å². The molecule has 4 nitrogen and oxygen atoms in total. The molecule has 0 saturated carbocycles. The van der Waals surface area contributed by atoms with Gasteiger partial charge in [0.1, 0.15) is 0 Å². The Hall–Kier alpha value is -6.97. The van der Waals surface area contributed by atoms with Gasteiger partial charge < -0.3 is 4.57 Å². The Labute approximate surface area is 292 Å². The van der Waals surface area contributed by atoms with E-state index < -0.39 is 8.07 Å². The first-order chi connectivity index (χ1) is 24.7. The van der Waals surface area contributed by atoms with E-state index in [0.717, 1.165) is 59.4 Å². The van der Waals surface area contributed by atoms with Crippen LogP contribution in [0.3, 0.4) is 0 Å². The topological polar surface area (TPSA) is 37.4 Å². The summed E-state index contributed by atoms with van der Waals surface area (Å²) in [6.07, 6.45) is 0. The lowest BCUT2D eigenvalue weighted by molar-refractivity contribution is 1.18. The van der Waals surface area contributed by atoms with Gasteiger partial charge in [0.25, 0.3) is 0 Å². The Morgan fingerprint density at radius 2 is 1.04 bits per heavy atom. The molecule has 5 heteroatoms. The van der Waals surface area contributed by atoms with Gasteiger partial charge in [-0.25, -0.2) is 9.69 Å². The van der Waals surface area contributed by atoms with Gasteiger partial charge in [-0.15, -0.1) is 0 Å². The molecule has 0 aliphatic rings. The molecule has 1 aromatic heterocycles. The molecule has 232 valence electrons. The van der Waals surface area contributed by atoms with Crippen LogP contribution in [0.4, 0.5) is 11.4 Å². The van der Waals surface area contributed by atoms with E-state index in [0.29, 0.717) is 16.9 Å². The molecule has 50 heavy (non-hydrogen) atoms. The third-order valence-electron chi connectivity index (χ3n) is 9.61. The fraction of sp³-hybridized carbons (Fsp3) is 0. The second-order valence-corrected chi connectivity index (χ2v) is 15.9. The zero-order valence-corrected chi connectivity index (χ0v) is 28.0. The molecular weight excluding hydrogens is 625 g/mol. The molecule has 0 fully saturated rings. The molecule has 0 bridgehead atoms. The summed E-state index contributed by atoms with van der Waals surface area (Å²) in [6, 6.07) is 60.3. The third-order valence-corrected chi connectivity index (χ3v) is 14.5. The van der Waals surface area contributed by atoms with Crippen LogP contribution in [0.25, 0.3) is 48.3 Å². The summed E-state index contributed by atoms with van der Waals surface area (Å²) < 4.78 is 2.24. The lowest BCUT2D eigenvalue weighted by Crippen LogP contribution is -2.75. The van der Waals surface area contributed by atoms with Gasteiger partial charge in [-0.1, -0.05) is 133 Å². The van der Waals surface area contributed by atoms with E-state index in [1.54, 1.807) is 0 Å². The number of rotatable bonds is 6. The van der Waals surface area contributed by atoms with Crippen LogP contribution >= 0.6 is 0 Å². The smallest absolute Gasteiger partial charge is 0.188 e. The minimum atomic E-state index is -3.19. The highest BCUT2D eigenvalue weighted by atomic mass is 28.3. The van der Waals surface area contributed by atoms with Gasteiger partial charge in [-0.2, -0.15) is 5.26 Å². The van der Waals surface area contributed by atoms with Gasteiger partial charge in [0.05, 0.1) is 41.5 Å². The molecule has 0 N–H and O–H groups in total. The normalized spacial score (nSPS) is 11.1. The molecule has 0 radical (unpaired) electrons. The monoisotopic (exact) mass is 652 g/mol. The molecule has 8 aromatic rings. The summed E-state index contributed by atoms with van der Waals surface area (Å²) in [4.78, 5) is 7.61. The minimum absolute atomic E-state index is 0.513. The molecule has 0 amide bonds. The van der Waals surface area contributed by atoms with Crippen LogP contribution in [0.1, 0.15) is 5.56 Å². The fourth-order valence-electron chi connectivity index (χ4n) is 7.57. The number of para-hydroxylation sites is 1. The van der Waals surface area contributed by atoms with Crippen molar-refractivity contribution >= 4 is 62.0 Å². The summed E-state index contributed by atoms with van der Waals surface area (Å²) in [6.45, 7) is 15.8. The summed E-state index contributed by atoms with van der Waals surface area (Å²) >= 11 is 0. The molecule has 0 aliphatic heterocycles. The van der Waals surface area contributed by atoms with Crippen LogP contribution in [-0.2, 0) is 0 Å². The van der Waals surface area contributed by atoms with Crippen molar-refractivity contribution in [3.63, 3.8) is 0 Å². The highest BCUT2D eigenvalue weighted by Crippen LogP contribution is 2.39. The molecule has 8 rings (SSSR count). The van der Waals surface area contributed by atoms with Gasteiger partial charge >= 0.3 is 0 Å². The van der Waals surface area contributed by atoms with Crippen LogP contribution < -0.4 is 20.7 Å². The summed E-state index contributed by atoms with van der Waals surface area (Å²) in [5.74, 6) is 0. The van der Waals surface area contributed by atoms with Crippen molar-refractivity contribution in [1.29, 1.82) is 5.26 Å². The van der Waals surface area contributed by atoms with Gasteiger partial charge in [0.2, 0.25) is 0 Å². The maximum atomic E-state index is 11.0. The van der Waals surface area contributed by atoms with Crippen molar-refractivity contribution < 1.29 is 0 Å². The minimum Gasteiger partial charge on any atom is -0.309 e. The second kappa shape index (κ2) is 12.6. The molecule has 0 saturated heterocycles. The first kappa shape index (κ1) is 30.4. The number of hydrogen-bond acceptors (Lipinski definition) is 1. The van der Waals surface area contributed by atoms with Crippen molar-refractivity contribution in [3.8, 4) is 22.9 Å². The Balaban J connectivity index is 1.56. The zero-order chi connectivity index (χ0) is 34.1. The Morgan fingerprint density at radius 3 is 1.64 bits per heavy atom. The van der Waals surface area contributed by atoms with E-state index in [1.165, 1.54) is 0 Å². The van der Waals surface area contributed by atoms with E-state index in [-0.39, 0.29) is 0 Å². The molecule has 0 aliphatic carbocycles. The Morgan fingerprint density at radius 1 is 0.500 bits per heavy atom. The first-order valence-electron chi connectivity index (χ1n) is 16.3. The number of aromatic nitrogens is 1. The molecule has 0 atom stereocenters. The number of hydrogen-bond donors (Lipinski definition) is 0. The van der Waals surface area contributed by atoms with Crippen LogP contribution in [-0.4, -0.2) is 12.6 Å². The number of fused-ring (bicyclic) bond motifs is 3. The summed E-state index contributed by atoms with van der Waals surface area (Å²) in [5, 5.41) is 17.5. The predicted molar refractivity (Wildman–Crippen MR) is 207 cm³/mol. The second-order valence-electron chi connectivity index (χ2n) is 12.2. The SMILES string of the molecule is [C-]#[N+]c1ccc(-n2c3ccccc3c3cc([N+]#[C-])ccc32)c(-c2cccc(C#N)c2[Si](c2ccccc2)(c2ccccc2)c2ccccc2)c1. The summed E-state index contributed by atoms with van der Waals surface area (Å²) in [5.41, 5.74) is 6.33. The van der Waals surface area contributed by atoms with Crippen molar-refractivity contribution in [2.45, 2.75) is 0 Å². The van der Waals surface area contributed by atoms with Crippen LogP contribution in [0, 0.1) is 24.5 Å². The van der Waals surface area contributed by atoms with E-state index in [4.69, 9.17) is 13.1 Å². The molecular formula is C45H28N4Si. The highest BCUT2D eigenvalue weighted by Gasteiger charge is 2.45. The summed E-state index contributed by atoms with van der Waals surface area (Å²) in [7, 11) is -3.19. The van der Waals surface area contributed by atoms with E-state index in [2.05, 4.69) is 111 Å². The van der Waals surface area contributed by atoms with Crippen molar-refractivity contribution in [2.75, 3.05) is 0 Å². The van der Waals surface area contributed by atoms with Gasteiger partial charge in [-0.05, 0) is 73.7 Å². The van der Waals surface area contributed by atoms with Gasteiger partial charge in [0.15, 0.2) is 19.4 Å². The Kier molecular flexibility index (Phi) is 7.63. The number of nitriles is 1. The molecule has 0 unspecified atom stereocenters. The van der Waals surface area contributed by atoms with Crippen LogP contribution in [0.2, 0.25) is 0 Å². The lowest BCUT2D eigenvalue weighted by Gasteiger charge is -2.37. The lowest BCUT2D eigenvalue weighted by atomic mass is 10.00. The number of nitrogens with zero attached hydrogens (tertiary/aromatic N) is 4. The zero-order valence-electron chi connectivity index (χ0n) is 27.0. The van der Waals surface area contributed by atoms with Crippen LogP contribution in [0.15, 0.2) is 170 Å². The number of benzene rings is 7. The van der Waals surface area contributed by atoms with E-state index in [1.807, 2.05) is 78.9 Å². The average molecular weight is 653 g/mol. The first-order valence-corrected chi connectivity index (χ1v) is 18.3. The van der Waals surface area contributed by atoms with Crippen molar-refractivity contribution in [1.82, 2.24) is 4.57 Å². The van der Waals surface area contributed by atoms with E-state index >= 15 is 0 Å². The quantitative estimate of drug-likeness (QED) is 0.101. The fourth-order valence-corrected chi connectivity index (χ4v) is 12.7.